The summed E-state index contributed by atoms with van der Waals surface area (Å²) in [5, 5.41) is 11.4. The Kier molecular flexibility index (Phi) is 8.72. The SMILES string of the molecule is Cc1c(SCCCOCCCOCC(F)(F)F)cc[n+]([O-])c1C. The fourth-order valence-electron chi connectivity index (χ4n) is 1.77. The minimum absolute atomic E-state index is 0.0476. The highest BCUT2D eigenvalue weighted by atomic mass is 32.2. The Hall–Kier alpha value is -0.990. The van der Waals surface area contributed by atoms with E-state index < -0.39 is 12.8 Å². The molecule has 0 unspecified atom stereocenters. The van der Waals surface area contributed by atoms with Gasteiger partial charge in [0.25, 0.3) is 0 Å². The molecule has 0 aliphatic carbocycles. The number of hydrogen-bond donors (Lipinski definition) is 0. The molecule has 0 fully saturated rings. The molecule has 0 atom stereocenters. The highest BCUT2D eigenvalue weighted by Crippen LogP contribution is 2.23. The molecule has 23 heavy (non-hydrogen) atoms. The van der Waals surface area contributed by atoms with Gasteiger partial charge < -0.3 is 14.7 Å². The number of hydrogen-bond acceptors (Lipinski definition) is 4. The van der Waals surface area contributed by atoms with E-state index in [9.17, 15) is 18.4 Å². The topological polar surface area (TPSA) is 45.4 Å². The quantitative estimate of drug-likeness (QED) is 0.280. The van der Waals surface area contributed by atoms with Crippen molar-refractivity contribution in [2.75, 3.05) is 32.2 Å². The van der Waals surface area contributed by atoms with Crippen molar-refractivity contribution in [1.82, 2.24) is 0 Å². The molecule has 1 aromatic rings. The molecule has 0 N–H and O–H groups in total. The maximum atomic E-state index is 11.8. The molecule has 0 saturated carbocycles. The van der Waals surface area contributed by atoms with Crippen LogP contribution in [-0.4, -0.2) is 38.4 Å². The van der Waals surface area contributed by atoms with Crippen molar-refractivity contribution in [3.8, 4) is 0 Å². The smallest absolute Gasteiger partial charge is 0.411 e. The number of pyridine rings is 1. The molecule has 0 aliphatic heterocycles. The van der Waals surface area contributed by atoms with Crippen LogP contribution in [-0.2, 0) is 9.47 Å². The number of thioether (sulfide) groups is 1. The number of rotatable bonds is 10. The lowest BCUT2D eigenvalue weighted by Gasteiger charge is -2.09. The van der Waals surface area contributed by atoms with Crippen LogP contribution >= 0.6 is 11.8 Å². The monoisotopic (exact) mass is 353 g/mol. The first-order valence-corrected chi connectivity index (χ1v) is 8.34. The third kappa shape index (κ3) is 8.43. The van der Waals surface area contributed by atoms with Gasteiger partial charge in [0.15, 0.2) is 11.9 Å². The molecule has 0 saturated heterocycles. The van der Waals surface area contributed by atoms with Gasteiger partial charge in [-0.15, -0.1) is 11.8 Å². The van der Waals surface area contributed by atoms with E-state index in [4.69, 9.17) is 4.74 Å². The lowest BCUT2D eigenvalue weighted by molar-refractivity contribution is -0.613. The second-order valence-corrected chi connectivity index (χ2v) is 6.19. The van der Waals surface area contributed by atoms with Gasteiger partial charge in [0.1, 0.15) is 6.61 Å². The van der Waals surface area contributed by atoms with Crippen LogP contribution in [0.4, 0.5) is 13.2 Å². The minimum Gasteiger partial charge on any atom is -0.619 e. The zero-order chi connectivity index (χ0) is 17.3. The first-order chi connectivity index (χ1) is 10.8. The molecular weight excluding hydrogens is 331 g/mol. The fraction of sp³-hybridized carbons (Fsp3) is 0.667. The first kappa shape index (κ1) is 20.1. The van der Waals surface area contributed by atoms with Gasteiger partial charge in [0.2, 0.25) is 0 Å². The van der Waals surface area contributed by atoms with Crippen LogP contribution < -0.4 is 4.73 Å². The van der Waals surface area contributed by atoms with Crippen LogP contribution in [0.25, 0.3) is 0 Å². The van der Waals surface area contributed by atoms with Crippen LogP contribution in [0.5, 0.6) is 0 Å². The first-order valence-electron chi connectivity index (χ1n) is 7.35. The maximum Gasteiger partial charge on any atom is 0.411 e. The van der Waals surface area contributed by atoms with Crippen LogP contribution in [0.15, 0.2) is 17.2 Å². The zero-order valence-electron chi connectivity index (χ0n) is 13.3. The van der Waals surface area contributed by atoms with Crippen LogP contribution in [0.3, 0.4) is 0 Å². The van der Waals surface area contributed by atoms with Crippen molar-refractivity contribution in [3.05, 3.63) is 28.7 Å². The van der Waals surface area contributed by atoms with Crippen molar-refractivity contribution in [3.63, 3.8) is 0 Å². The standard InChI is InChI=1S/C15H22F3NO3S/c1-12-13(2)19(20)6-5-14(12)23-10-4-9-21-7-3-8-22-11-15(16,17)18/h5-6H,3-4,7-11H2,1-2H3. The lowest BCUT2D eigenvalue weighted by atomic mass is 10.2. The summed E-state index contributed by atoms with van der Waals surface area (Å²) in [6.45, 7) is 3.50. The number of ether oxygens (including phenoxy) is 2. The van der Waals surface area contributed by atoms with E-state index in [1.54, 1.807) is 24.8 Å². The van der Waals surface area contributed by atoms with Gasteiger partial charge in [-0.3, -0.25) is 0 Å². The fourth-order valence-corrected chi connectivity index (χ4v) is 2.77. The number of alkyl halides is 3. The molecule has 4 nitrogen and oxygen atoms in total. The summed E-state index contributed by atoms with van der Waals surface area (Å²) in [5.41, 5.74) is 1.68. The van der Waals surface area contributed by atoms with Crippen LogP contribution in [0, 0.1) is 19.1 Å². The van der Waals surface area contributed by atoms with Gasteiger partial charge >= 0.3 is 6.18 Å². The van der Waals surface area contributed by atoms with E-state index in [1.807, 2.05) is 6.92 Å². The Morgan fingerprint density at radius 2 is 1.78 bits per heavy atom. The van der Waals surface area contributed by atoms with Gasteiger partial charge in [-0.05, 0) is 19.8 Å². The molecule has 0 bridgehead atoms. The van der Waals surface area contributed by atoms with Gasteiger partial charge in [0, 0.05) is 49.0 Å². The number of nitrogens with zero attached hydrogens (tertiary/aromatic N) is 1. The number of halogens is 3. The van der Waals surface area contributed by atoms with Crippen molar-refractivity contribution in [2.45, 2.75) is 37.8 Å². The second-order valence-electron chi connectivity index (χ2n) is 5.05. The maximum absolute atomic E-state index is 11.8. The van der Waals surface area contributed by atoms with Gasteiger partial charge in [-0.25, -0.2) is 0 Å². The largest absolute Gasteiger partial charge is 0.619 e. The number of aromatic nitrogens is 1. The van der Waals surface area contributed by atoms with E-state index in [-0.39, 0.29) is 6.61 Å². The Labute approximate surface area is 138 Å². The predicted octanol–water partition coefficient (Wildman–Crippen LogP) is 3.40. The summed E-state index contributed by atoms with van der Waals surface area (Å²) in [6.07, 6.45) is -1.48. The summed E-state index contributed by atoms with van der Waals surface area (Å²) < 4.78 is 46.1. The van der Waals surface area contributed by atoms with Crippen molar-refractivity contribution >= 4 is 11.8 Å². The molecule has 8 heteroatoms. The van der Waals surface area contributed by atoms with Gasteiger partial charge in [-0.1, -0.05) is 0 Å². The third-order valence-electron chi connectivity index (χ3n) is 3.14. The molecule has 1 aromatic heterocycles. The van der Waals surface area contributed by atoms with Crippen molar-refractivity contribution in [2.24, 2.45) is 0 Å². The van der Waals surface area contributed by atoms with E-state index in [2.05, 4.69) is 4.74 Å². The van der Waals surface area contributed by atoms with E-state index >= 15 is 0 Å². The molecule has 0 amide bonds. The summed E-state index contributed by atoms with van der Waals surface area (Å²) in [5.74, 6) is 0.855. The molecule has 0 aliphatic rings. The van der Waals surface area contributed by atoms with Crippen LogP contribution in [0.1, 0.15) is 24.1 Å². The molecule has 1 rings (SSSR count). The molecular formula is C15H22F3NO3S. The van der Waals surface area contributed by atoms with E-state index in [0.717, 1.165) is 27.4 Å². The van der Waals surface area contributed by atoms with E-state index in [1.165, 1.54) is 6.20 Å². The molecule has 0 aromatic carbocycles. The highest BCUT2D eigenvalue weighted by molar-refractivity contribution is 7.99. The summed E-state index contributed by atoms with van der Waals surface area (Å²) in [7, 11) is 0. The van der Waals surface area contributed by atoms with Gasteiger partial charge in [0.05, 0.1) is 0 Å². The van der Waals surface area contributed by atoms with Crippen LogP contribution in [0.2, 0.25) is 0 Å². The highest BCUT2D eigenvalue weighted by Gasteiger charge is 2.27. The van der Waals surface area contributed by atoms with E-state index in [0.29, 0.717) is 25.3 Å². The normalized spacial score (nSPS) is 11.9. The lowest BCUT2D eigenvalue weighted by Crippen LogP contribution is -2.30. The predicted molar refractivity (Wildman–Crippen MR) is 82.5 cm³/mol. The molecule has 132 valence electrons. The minimum atomic E-state index is -4.27. The Balaban J connectivity index is 2.03. The van der Waals surface area contributed by atoms with Gasteiger partial charge in [-0.2, -0.15) is 17.9 Å². The molecule has 0 radical (unpaired) electrons. The Bertz CT molecular complexity index is 484. The molecule has 0 spiro atoms. The van der Waals surface area contributed by atoms with Crippen molar-refractivity contribution in [1.29, 1.82) is 0 Å². The second kappa shape index (κ2) is 10.00. The molecule has 1 heterocycles. The summed E-state index contributed by atoms with van der Waals surface area (Å²) >= 11 is 1.66. The van der Waals surface area contributed by atoms with Crippen molar-refractivity contribution < 1.29 is 27.4 Å². The zero-order valence-corrected chi connectivity index (χ0v) is 14.1. The summed E-state index contributed by atoms with van der Waals surface area (Å²) in [6, 6.07) is 1.80. The average Bonchev–Trinajstić information content (AvgIpc) is 2.47. The third-order valence-corrected chi connectivity index (χ3v) is 4.38. The Morgan fingerprint density at radius 3 is 2.48 bits per heavy atom. The Morgan fingerprint density at radius 1 is 1.13 bits per heavy atom. The average molecular weight is 353 g/mol. The summed E-state index contributed by atoms with van der Waals surface area (Å²) in [4.78, 5) is 1.08.